The van der Waals surface area contributed by atoms with Crippen LogP contribution in [0.4, 0.5) is 4.79 Å². The predicted octanol–water partition coefficient (Wildman–Crippen LogP) is 3.72. The van der Waals surface area contributed by atoms with Crippen LogP contribution in [-0.2, 0) is 11.3 Å². The fourth-order valence-corrected chi connectivity index (χ4v) is 2.71. The topological polar surface area (TPSA) is 87.6 Å². The lowest BCUT2D eigenvalue weighted by molar-refractivity contribution is 0.0474. The number of nitrogens with zero attached hydrogens (tertiary/aromatic N) is 2. The van der Waals surface area contributed by atoms with Gasteiger partial charge in [-0.15, -0.1) is 0 Å². The van der Waals surface area contributed by atoms with Gasteiger partial charge in [0, 0.05) is 31.9 Å². The van der Waals surface area contributed by atoms with E-state index in [2.05, 4.69) is 38.1 Å². The Labute approximate surface area is 179 Å². The minimum absolute atomic E-state index is 0.441. The molecule has 0 saturated heterocycles. The molecule has 1 aromatic heterocycles. The number of alkyl carbamates (subject to hydrolysis) is 1. The summed E-state index contributed by atoms with van der Waals surface area (Å²) in [5.41, 5.74) is 2.08. The zero-order chi connectivity index (χ0) is 22.2. The minimum Gasteiger partial charge on any atom is -0.444 e. The molecule has 7 heteroatoms. The average Bonchev–Trinajstić information content (AvgIpc) is 2.67. The first-order valence-corrected chi connectivity index (χ1v) is 10.0. The number of hydrogen-bond acceptors (Lipinski definition) is 4. The van der Waals surface area contributed by atoms with Crippen LogP contribution in [0.25, 0.3) is 11.3 Å². The van der Waals surface area contributed by atoms with Gasteiger partial charge in [-0.25, -0.2) is 4.79 Å². The van der Waals surface area contributed by atoms with Gasteiger partial charge in [-0.1, -0.05) is 24.3 Å². The third-order valence-electron chi connectivity index (χ3n) is 4.11. The maximum atomic E-state index is 12.0. The van der Waals surface area contributed by atoms with Gasteiger partial charge in [0.15, 0.2) is 5.96 Å². The molecule has 30 heavy (non-hydrogen) atoms. The molecule has 0 radical (unpaired) electrons. The minimum atomic E-state index is -0.533. The van der Waals surface area contributed by atoms with Crippen molar-refractivity contribution in [2.24, 2.45) is 4.99 Å². The van der Waals surface area contributed by atoms with Gasteiger partial charge in [0.25, 0.3) is 0 Å². The Balaban J connectivity index is 1.88. The lowest BCUT2D eigenvalue weighted by Crippen LogP contribution is -2.54. The molecule has 0 aliphatic carbocycles. The van der Waals surface area contributed by atoms with Gasteiger partial charge < -0.3 is 20.7 Å². The first-order chi connectivity index (χ1) is 14.1. The number of ether oxygens (including phenoxy) is 1. The monoisotopic (exact) mass is 411 g/mol. The molecule has 0 unspecified atom stereocenters. The summed E-state index contributed by atoms with van der Waals surface area (Å²) in [5.74, 6) is 0.650. The number of guanidine groups is 1. The van der Waals surface area contributed by atoms with Crippen LogP contribution in [0, 0.1) is 0 Å². The summed E-state index contributed by atoms with van der Waals surface area (Å²) in [6.45, 7) is 10.5. The smallest absolute Gasteiger partial charge is 0.408 e. The van der Waals surface area contributed by atoms with E-state index in [0.717, 1.165) is 16.8 Å². The van der Waals surface area contributed by atoms with E-state index in [1.807, 2.05) is 65.0 Å². The average molecular weight is 412 g/mol. The second-order valence-corrected chi connectivity index (χ2v) is 8.71. The molecule has 2 aromatic rings. The Kier molecular flexibility index (Phi) is 7.80. The Morgan fingerprint density at radius 3 is 2.47 bits per heavy atom. The predicted molar refractivity (Wildman–Crippen MR) is 121 cm³/mol. The van der Waals surface area contributed by atoms with Crippen LogP contribution < -0.4 is 16.0 Å². The second kappa shape index (κ2) is 10.1. The van der Waals surface area contributed by atoms with Crippen molar-refractivity contribution in [3.05, 3.63) is 54.2 Å². The van der Waals surface area contributed by atoms with E-state index >= 15 is 0 Å². The number of benzene rings is 1. The number of amides is 1. The van der Waals surface area contributed by atoms with Crippen LogP contribution in [0.15, 0.2) is 53.7 Å². The highest BCUT2D eigenvalue weighted by Gasteiger charge is 2.24. The molecule has 0 bridgehead atoms. The number of aliphatic imine (C=N–C) groups is 1. The molecule has 1 aromatic carbocycles. The maximum absolute atomic E-state index is 12.0. The van der Waals surface area contributed by atoms with Crippen molar-refractivity contribution >= 4 is 12.1 Å². The van der Waals surface area contributed by atoms with Crippen molar-refractivity contribution in [3.8, 4) is 11.3 Å². The number of nitrogens with one attached hydrogen (secondary N) is 3. The van der Waals surface area contributed by atoms with Gasteiger partial charge in [0.1, 0.15) is 5.60 Å². The van der Waals surface area contributed by atoms with Crippen LogP contribution in [0.3, 0.4) is 0 Å². The lowest BCUT2D eigenvalue weighted by Gasteiger charge is -2.29. The van der Waals surface area contributed by atoms with E-state index in [9.17, 15) is 4.79 Å². The zero-order valence-electron chi connectivity index (χ0n) is 18.7. The highest BCUT2D eigenvalue weighted by molar-refractivity contribution is 5.80. The first kappa shape index (κ1) is 23.2. The van der Waals surface area contributed by atoms with Crippen LogP contribution in [0.5, 0.6) is 0 Å². The largest absolute Gasteiger partial charge is 0.444 e. The van der Waals surface area contributed by atoms with Gasteiger partial charge in [-0.05, 0) is 58.4 Å². The molecular weight excluding hydrogens is 378 g/mol. The number of aromatic nitrogens is 1. The van der Waals surface area contributed by atoms with Crippen molar-refractivity contribution in [1.29, 1.82) is 0 Å². The number of carbonyl (C=O) groups is 1. The molecule has 2 rings (SSSR count). The molecule has 0 aliphatic heterocycles. The van der Waals surface area contributed by atoms with E-state index < -0.39 is 17.2 Å². The fraction of sp³-hybridized carbons (Fsp3) is 0.435. The van der Waals surface area contributed by atoms with Gasteiger partial charge in [0.2, 0.25) is 0 Å². The summed E-state index contributed by atoms with van der Waals surface area (Å²) in [4.78, 5) is 20.7. The summed E-state index contributed by atoms with van der Waals surface area (Å²) in [6.07, 6.45) is 1.35. The van der Waals surface area contributed by atoms with Gasteiger partial charge in [0.05, 0.1) is 11.2 Å². The second-order valence-electron chi connectivity index (χ2n) is 8.71. The third-order valence-corrected chi connectivity index (χ3v) is 4.11. The highest BCUT2D eigenvalue weighted by Crippen LogP contribution is 2.17. The van der Waals surface area contributed by atoms with E-state index in [4.69, 9.17) is 4.74 Å². The van der Waals surface area contributed by atoms with Gasteiger partial charge in [-0.3, -0.25) is 9.98 Å². The summed E-state index contributed by atoms with van der Waals surface area (Å²) >= 11 is 0. The molecule has 1 amide bonds. The summed E-state index contributed by atoms with van der Waals surface area (Å²) < 4.78 is 5.33. The van der Waals surface area contributed by atoms with E-state index in [1.165, 1.54) is 0 Å². The van der Waals surface area contributed by atoms with Crippen molar-refractivity contribution in [1.82, 2.24) is 20.9 Å². The number of rotatable bonds is 6. The Morgan fingerprint density at radius 1 is 1.07 bits per heavy atom. The molecule has 0 spiro atoms. The zero-order valence-corrected chi connectivity index (χ0v) is 18.7. The molecule has 0 atom stereocenters. The molecule has 162 valence electrons. The molecule has 0 fully saturated rings. The van der Waals surface area contributed by atoms with Crippen LogP contribution in [0.1, 0.15) is 40.2 Å². The molecule has 0 aliphatic rings. The van der Waals surface area contributed by atoms with Crippen molar-refractivity contribution in [2.75, 3.05) is 13.6 Å². The van der Waals surface area contributed by atoms with Crippen LogP contribution >= 0.6 is 0 Å². The normalized spacial score (nSPS) is 12.3. The van der Waals surface area contributed by atoms with Gasteiger partial charge in [-0.2, -0.15) is 0 Å². The lowest BCUT2D eigenvalue weighted by atomic mass is 10.1. The Hall–Kier alpha value is -3.09. The molecular formula is C23H33N5O2. The van der Waals surface area contributed by atoms with E-state index in [-0.39, 0.29) is 0 Å². The van der Waals surface area contributed by atoms with Crippen molar-refractivity contribution in [3.63, 3.8) is 0 Å². The van der Waals surface area contributed by atoms with E-state index in [0.29, 0.717) is 19.0 Å². The SMILES string of the molecule is CN=C(NCc1cccc(-c2ccccn2)c1)NCC(C)(C)NC(=O)OC(C)(C)C. The first-order valence-electron chi connectivity index (χ1n) is 10.0. The molecule has 1 heterocycles. The third kappa shape index (κ3) is 8.11. The fourth-order valence-electron chi connectivity index (χ4n) is 2.71. The number of carbonyl (C=O) groups excluding carboxylic acids is 1. The summed E-state index contributed by atoms with van der Waals surface area (Å²) in [6, 6.07) is 14.1. The maximum Gasteiger partial charge on any atom is 0.408 e. The quantitative estimate of drug-likeness (QED) is 0.498. The number of pyridine rings is 1. The number of hydrogen-bond donors (Lipinski definition) is 3. The Morgan fingerprint density at radius 2 is 1.83 bits per heavy atom. The molecule has 7 nitrogen and oxygen atoms in total. The van der Waals surface area contributed by atoms with Crippen LogP contribution in [0.2, 0.25) is 0 Å². The molecule has 3 N–H and O–H groups in total. The standard InChI is InChI=1S/C23H33N5O2/c1-22(2,3)30-21(29)28-23(4,5)16-27-20(24-6)26-15-17-10-9-11-18(14-17)19-12-7-8-13-25-19/h7-14H,15-16H2,1-6H3,(H,28,29)(H2,24,26,27). The van der Waals surface area contributed by atoms with Crippen molar-refractivity contribution in [2.45, 2.75) is 52.3 Å². The van der Waals surface area contributed by atoms with E-state index in [1.54, 1.807) is 13.2 Å². The van der Waals surface area contributed by atoms with Gasteiger partial charge >= 0.3 is 6.09 Å². The highest BCUT2D eigenvalue weighted by atomic mass is 16.6. The summed E-state index contributed by atoms with van der Waals surface area (Å²) in [5, 5.41) is 9.43. The molecule has 0 saturated carbocycles. The summed E-state index contributed by atoms with van der Waals surface area (Å²) in [7, 11) is 1.72. The Bertz CT molecular complexity index is 857. The van der Waals surface area contributed by atoms with Crippen LogP contribution in [-0.4, -0.2) is 41.8 Å². The van der Waals surface area contributed by atoms with Crippen molar-refractivity contribution < 1.29 is 9.53 Å².